The summed E-state index contributed by atoms with van der Waals surface area (Å²) in [7, 11) is 0. The Kier molecular flexibility index (Phi) is 4.23. The molecule has 106 valence electrons. The molecule has 0 saturated carbocycles. The van der Waals surface area contributed by atoms with Gasteiger partial charge in [0.05, 0.1) is 5.38 Å². The smallest absolute Gasteiger partial charge is 0.0852 e. The van der Waals surface area contributed by atoms with Crippen LogP contribution in [0, 0.1) is 6.92 Å². The molecule has 2 heteroatoms. The number of alkyl halides is 1. The molecule has 1 unspecified atom stereocenters. The fourth-order valence-electron chi connectivity index (χ4n) is 2.74. The van der Waals surface area contributed by atoms with Crippen molar-refractivity contribution in [3.05, 3.63) is 77.4 Å². The van der Waals surface area contributed by atoms with E-state index in [-0.39, 0.29) is 5.38 Å². The molecule has 0 heterocycles. The van der Waals surface area contributed by atoms with Gasteiger partial charge in [0, 0.05) is 4.90 Å². The van der Waals surface area contributed by atoms with Crippen LogP contribution in [0.5, 0.6) is 0 Å². The van der Waals surface area contributed by atoms with E-state index in [0.717, 1.165) is 0 Å². The molecule has 3 aromatic carbocycles. The molecule has 21 heavy (non-hydrogen) atoms. The first kappa shape index (κ1) is 14.5. The molecular weight excluding hydrogens is 296 g/mol. The van der Waals surface area contributed by atoms with Crippen LogP contribution in [0.15, 0.2) is 65.6 Å². The summed E-state index contributed by atoms with van der Waals surface area (Å²) in [5, 5.41) is 2.40. The summed E-state index contributed by atoms with van der Waals surface area (Å²) >= 11 is 8.58. The van der Waals surface area contributed by atoms with E-state index < -0.39 is 0 Å². The number of halogens is 1. The number of fused-ring (bicyclic) bond motifs is 1. The van der Waals surface area contributed by atoms with Crippen LogP contribution in [0.2, 0.25) is 0 Å². The van der Waals surface area contributed by atoms with Crippen molar-refractivity contribution in [2.24, 2.45) is 0 Å². The van der Waals surface area contributed by atoms with Crippen LogP contribution in [-0.4, -0.2) is 6.26 Å². The molecule has 0 nitrogen and oxygen atoms in total. The predicted octanol–water partition coefficient (Wildman–Crippen LogP) is 6.20. The zero-order chi connectivity index (χ0) is 14.8. The molecule has 0 aliphatic rings. The van der Waals surface area contributed by atoms with E-state index in [1.54, 1.807) is 11.8 Å². The van der Waals surface area contributed by atoms with Gasteiger partial charge in [-0.2, -0.15) is 0 Å². The van der Waals surface area contributed by atoms with E-state index in [1.165, 1.54) is 32.4 Å². The summed E-state index contributed by atoms with van der Waals surface area (Å²) < 4.78 is 0. The van der Waals surface area contributed by atoms with E-state index in [0.29, 0.717) is 0 Å². The lowest BCUT2D eigenvalue weighted by molar-refractivity contribution is 1.10. The third-order valence-electron chi connectivity index (χ3n) is 3.86. The molecule has 0 saturated heterocycles. The summed E-state index contributed by atoms with van der Waals surface area (Å²) in [6.07, 6.45) is 2.09. The Morgan fingerprint density at radius 1 is 0.810 bits per heavy atom. The summed E-state index contributed by atoms with van der Waals surface area (Å²) in [4.78, 5) is 1.24. The highest BCUT2D eigenvalue weighted by molar-refractivity contribution is 7.98. The maximum absolute atomic E-state index is 6.83. The Hall–Kier alpha value is -1.44. The zero-order valence-electron chi connectivity index (χ0n) is 12.1. The Balaban J connectivity index is 2.18. The molecule has 0 aliphatic carbocycles. The second-order valence-electron chi connectivity index (χ2n) is 5.12. The maximum Gasteiger partial charge on any atom is 0.0852 e. The van der Waals surface area contributed by atoms with Crippen LogP contribution in [0.1, 0.15) is 22.1 Å². The van der Waals surface area contributed by atoms with Gasteiger partial charge in [-0.1, -0.05) is 54.6 Å². The predicted molar refractivity (Wildman–Crippen MR) is 94.6 cm³/mol. The lowest BCUT2D eigenvalue weighted by Gasteiger charge is -2.17. The first-order valence-electron chi connectivity index (χ1n) is 6.97. The molecular formula is C19H17ClS. The molecule has 0 radical (unpaired) electrons. The number of hydrogen-bond acceptors (Lipinski definition) is 1. The van der Waals surface area contributed by atoms with Crippen molar-refractivity contribution in [2.75, 3.05) is 6.26 Å². The largest absolute Gasteiger partial charge is 0.129 e. The van der Waals surface area contributed by atoms with Crippen molar-refractivity contribution >= 4 is 34.1 Å². The van der Waals surface area contributed by atoms with Crippen LogP contribution in [-0.2, 0) is 0 Å². The summed E-state index contributed by atoms with van der Waals surface area (Å²) in [5.41, 5.74) is 3.65. The molecule has 0 aromatic heterocycles. The molecule has 0 spiro atoms. The monoisotopic (exact) mass is 312 g/mol. The minimum Gasteiger partial charge on any atom is -0.129 e. The van der Waals surface area contributed by atoms with E-state index in [4.69, 9.17) is 11.6 Å². The molecule has 3 rings (SSSR count). The van der Waals surface area contributed by atoms with Crippen molar-refractivity contribution in [1.29, 1.82) is 0 Å². The van der Waals surface area contributed by atoms with Gasteiger partial charge >= 0.3 is 0 Å². The summed E-state index contributed by atoms with van der Waals surface area (Å²) in [5.74, 6) is 0. The Morgan fingerprint density at radius 3 is 2.24 bits per heavy atom. The first-order chi connectivity index (χ1) is 10.2. The highest BCUT2D eigenvalue weighted by Gasteiger charge is 2.17. The van der Waals surface area contributed by atoms with E-state index in [1.807, 2.05) is 0 Å². The lowest BCUT2D eigenvalue weighted by Crippen LogP contribution is -1.97. The van der Waals surface area contributed by atoms with Gasteiger partial charge in [-0.3, -0.25) is 0 Å². The van der Waals surface area contributed by atoms with E-state index >= 15 is 0 Å². The minimum atomic E-state index is -0.126. The number of aryl methyl sites for hydroxylation is 1. The van der Waals surface area contributed by atoms with Crippen molar-refractivity contribution < 1.29 is 0 Å². The topological polar surface area (TPSA) is 0 Å². The van der Waals surface area contributed by atoms with Crippen LogP contribution in [0.4, 0.5) is 0 Å². The van der Waals surface area contributed by atoms with Crippen molar-refractivity contribution in [1.82, 2.24) is 0 Å². The van der Waals surface area contributed by atoms with Gasteiger partial charge in [0.1, 0.15) is 0 Å². The Labute approximate surface area is 135 Å². The normalized spacial score (nSPS) is 12.5. The molecule has 0 N–H and O–H groups in total. The SMILES string of the molecule is CSc1ccccc1C(Cl)c1ccc(C)c2ccccc12. The van der Waals surface area contributed by atoms with E-state index in [2.05, 4.69) is 73.8 Å². The van der Waals surface area contributed by atoms with Crippen LogP contribution >= 0.6 is 23.4 Å². The second-order valence-corrected chi connectivity index (χ2v) is 6.41. The van der Waals surface area contributed by atoms with Gasteiger partial charge < -0.3 is 0 Å². The molecule has 0 fully saturated rings. The second kappa shape index (κ2) is 6.13. The highest BCUT2D eigenvalue weighted by atomic mass is 35.5. The van der Waals surface area contributed by atoms with Crippen molar-refractivity contribution in [3.63, 3.8) is 0 Å². The van der Waals surface area contributed by atoms with Crippen molar-refractivity contribution in [2.45, 2.75) is 17.2 Å². The summed E-state index contributed by atoms with van der Waals surface area (Å²) in [6.45, 7) is 2.14. The molecule has 0 bridgehead atoms. The van der Waals surface area contributed by atoms with Crippen molar-refractivity contribution in [3.8, 4) is 0 Å². The fourth-order valence-corrected chi connectivity index (χ4v) is 3.82. The van der Waals surface area contributed by atoms with Gasteiger partial charge in [0.15, 0.2) is 0 Å². The number of thioether (sulfide) groups is 1. The number of rotatable bonds is 3. The number of benzene rings is 3. The Bertz CT molecular complexity index is 779. The van der Waals surface area contributed by atoms with Gasteiger partial charge in [-0.25, -0.2) is 0 Å². The molecule has 0 aliphatic heterocycles. The maximum atomic E-state index is 6.83. The summed E-state index contributed by atoms with van der Waals surface area (Å²) in [6, 6.07) is 21.2. The third kappa shape index (κ3) is 2.68. The Morgan fingerprint density at radius 2 is 1.48 bits per heavy atom. The minimum absolute atomic E-state index is 0.126. The van der Waals surface area contributed by atoms with Gasteiger partial charge in [-0.05, 0) is 46.7 Å². The van der Waals surface area contributed by atoms with Crippen LogP contribution < -0.4 is 0 Å². The van der Waals surface area contributed by atoms with E-state index in [9.17, 15) is 0 Å². The average molecular weight is 313 g/mol. The fraction of sp³-hybridized carbons (Fsp3) is 0.158. The quantitative estimate of drug-likeness (QED) is 0.410. The highest BCUT2D eigenvalue weighted by Crippen LogP contribution is 2.38. The van der Waals surface area contributed by atoms with Crippen LogP contribution in [0.25, 0.3) is 10.8 Å². The lowest BCUT2D eigenvalue weighted by atomic mass is 9.95. The standard InChI is InChI=1S/C19H17ClS/c1-13-11-12-16(15-8-4-3-7-14(13)15)19(20)17-9-5-6-10-18(17)21-2/h3-12,19H,1-2H3. The van der Waals surface area contributed by atoms with Crippen LogP contribution in [0.3, 0.4) is 0 Å². The first-order valence-corrected chi connectivity index (χ1v) is 8.63. The molecule has 3 aromatic rings. The average Bonchev–Trinajstić information content (AvgIpc) is 2.55. The number of hydrogen-bond donors (Lipinski definition) is 0. The van der Waals surface area contributed by atoms with Gasteiger partial charge in [0.2, 0.25) is 0 Å². The molecule has 1 atom stereocenters. The van der Waals surface area contributed by atoms with Gasteiger partial charge in [0.25, 0.3) is 0 Å². The van der Waals surface area contributed by atoms with Gasteiger partial charge in [-0.15, -0.1) is 23.4 Å². The third-order valence-corrected chi connectivity index (χ3v) is 5.14. The molecule has 0 amide bonds. The zero-order valence-corrected chi connectivity index (χ0v) is 13.7.